The van der Waals surface area contributed by atoms with Gasteiger partial charge in [0.2, 0.25) is 0 Å². The second-order valence-electron chi connectivity index (χ2n) is 6.07. The molecule has 1 N–H and O–H groups in total. The van der Waals surface area contributed by atoms with Gasteiger partial charge >= 0.3 is 0 Å². The molecule has 3 rings (SSSR count). The van der Waals surface area contributed by atoms with Gasteiger partial charge in [-0.15, -0.1) is 11.3 Å². The molecule has 0 atom stereocenters. The molecule has 2 aliphatic rings. The molecule has 0 bridgehead atoms. The smallest absolute Gasteiger partial charge is 0.185 e. The van der Waals surface area contributed by atoms with Crippen molar-refractivity contribution in [2.75, 3.05) is 38.8 Å². The fourth-order valence-electron chi connectivity index (χ4n) is 2.46. The van der Waals surface area contributed by atoms with Gasteiger partial charge in [0.15, 0.2) is 5.13 Å². The van der Waals surface area contributed by atoms with Gasteiger partial charge in [0.25, 0.3) is 0 Å². The van der Waals surface area contributed by atoms with E-state index in [4.69, 9.17) is 9.72 Å². The molecule has 0 radical (unpaired) electrons. The second kappa shape index (κ2) is 6.41. The lowest BCUT2D eigenvalue weighted by molar-refractivity contribution is 0.199. The van der Waals surface area contributed by atoms with Crippen LogP contribution >= 0.6 is 11.3 Å². The average molecular weight is 295 g/mol. The van der Waals surface area contributed by atoms with Gasteiger partial charge in [-0.1, -0.05) is 0 Å². The van der Waals surface area contributed by atoms with Crippen LogP contribution < -0.4 is 10.2 Å². The topological polar surface area (TPSA) is 37.4 Å². The van der Waals surface area contributed by atoms with Crippen molar-refractivity contribution in [1.82, 2.24) is 10.3 Å². The predicted octanol–water partition coefficient (Wildman–Crippen LogP) is 2.60. The maximum atomic E-state index is 5.08. The van der Waals surface area contributed by atoms with Gasteiger partial charge in [-0.05, 0) is 31.6 Å². The molecule has 0 amide bonds. The van der Waals surface area contributed by atoms with Gasteiger partial charge in [-0.25, -0.2) is 4.98 Å². The highest BCUT2D eigenvalue weighted by molar-refractivity contribution is 7.15. The van der Waals surface area contributed by atoms with E-state index in [0.717, 1.165) is 31.5 Å². The number of rotatable bonds is 9. The summed E-state index contributed by atoms with van der Waals surface area (Å²) in [6.07, 6.45) is 5.44. The van der Waals surface area contributed by atoms with E-state index >= 15 is 0 Å². The Bertz CT molecular complexity index is 440. The van der Waals surface area contributed by atoms with Crippen LogP contribution in [0.1, 0.15) is 42.2 Å². The highest BCUT2D eigenvalue weighted by Crippen LogP contribution is 2.44. The fourth-order valence-corrected chi connectivity index (χ4v) is 3.54. The van der Waals surface area contributed by atoms with E-state index in [0.29, 0.717) is 0 Å². The van der Waals surface area contributed by atoms with E-state index in [1.807, 2.05) is 11.3 Å². The first kappa shape index (κ1) is 14.3. The zero-order chi connectivity index (χ0) is 13.9. The number of aromatic nitrogens is 1. The van der Waals surface area contributed by atoms with Crippen LogP contribution in [0.15, 0.2) is 0 Å². The first-order valence-corrected chi connectivity index (χ1v) is 8.50. The molecule has 20 heavy (non-hydrogen) atoms. The third kappa shape index (κ3) is 3.71. The Balaban J connectivity index is 1.62. The molecule has 1 heterocycles. The van der Waals surface area contributed by atoms with Crippen molar-refractivity contribution in [3.63, 3.8) is 0 Å². The maximum Gasteiger partial charge on any atom is 0.185 e. The van der Waals surface area contributed by atoms with Gasteiger partial charge in [0.1, 0.15) is 0 Å². The van der Waals surface area contributed by atoms with Crippen molar-refractivity contribution in [1.29, 1.82) is 0 Å². The Morgan fingerprint density at radius 1 is 1.35 bits per heavy atom. The molecule has 0 aromatic carbocycles. The lowest BCUT2D eigenvalue weighted by Crippen LogP contribution is -2.19. The Morgan fingerprint density at radius 3 is 2.80 bits per heavy atom. The summed E-state index contributed by atoms with van der Waals surface area (Å²) in [5, 5.41) is 4.67. The first-order chi connectivity index (χ1) is 9.78. The summed E-state index contributed by atoms with van der Waals surface area (Å²) in [5.74, 6) is 1.64. The molecule has 0 aliphatic heterocycles. The van der Waals surface area contributed by atoms with Crippen molar-refractivity contribution >= 4 is 16.5 Å². The molecule has 0 spiro atoms. The molecular weight excluding hydrogens is 270 g/mol. The van der Waals surface area contributed by atoms with Crippen LogP contribution in [0.5, 0.6) is 0 Å². The van der Waals surface area contributed by atoms with Gasteiger partial charge < -0.3 is 15.0 Å². The molecule has 0 saturated heterocycles. The van der Waals surface area contributed by atoms with E-state index in [-0.39, 0.29) is 0 Å². The molecule has 2 aliphatic carbocycles. The zero-order valence-corrected chi connectivity index (χ0v) is 13.3. The van der Waals surface area contributed by atoms with Crippen LogP contribution in [0.2, 0.25) is 0 Å². The highest BCUT2D eigenvalue weighted by atomic mass is 32.1. The van der Waals surface area contributed by atoms with E-state index in [1.165, 1.54) is 47.9 Å². The Labute approximate surface area is 125 Å². The first-order valence-electron chi connectivity index (χ1n) is 7.68. The third-order valence-corrected chi connectivity index (χ3v) is 5.19. The molecule has 0 unspecified atom stereocenters. The van der Waals surface area contributed by atoms with Crippen molar-refractivity contribution in [3.8, 4) is 0 Å². The van der Waals surface area contributed by atoms with Crippen LogP contribution in [0, 0.1) is 5.92 Å². The minimum atomic E-state index is 0.730. The molecular formula is C15H25N3OS. The minimum absolute atomic E-state index is 0.730. The van der Waals surface area contributed by atoms with Crippen molar-refractivity contribution in [2.45, 2.75) is 38.1 Å². The van der Waals surface area contributed by atoms with Crippen LogP contribution in [0.3, 0.4) is 0 Å². The van der Waals surface area contributed by atoms with Crippen molar-refractivity contribution in [3.05, 3.63) is 10.6 Å². The summed E-state index contributed by atoms with van der Waals surface area (Å²) in [5.41, 5.74) is 1.36. The van der Waals surface area contributed by atoms with E-state index < -0.39 is 0 Å². The number of anilines is 1. The largest absolute Gasteiger partial charge is 0.383 e. The monoisotopic (exact) mass is 295 g/mol. The molecule has 112 valence electrons. The molecule has 1 aromatic heterocycles. The van der Waals surface area contributed by atoms with Gasteiger partial charge in [-0.3, -0.25) is 0 Å². The van der Waals surface area contributed by atoms with Gasteiger partial charge in [-0.2, -0.15) is 0 Å². The van der Waals surface area contributed by atoms with E-state index in [2.05, 4.69) is 17.3 Å². The zero-order valence-electron chi connectivity index (χ0n) is 12.5. The van der Waals surface area contributed by atoms with Crippen LogP contribution in [-0.2, 0) is 11.3 Å². The van der Waals surface area contributed by atoms with E-state index in [1.54, 1.807) is 7.11 Å². The maximum absolute atomic E-state index is 5.08. The Morgan fingerprint density at radius 2 is 2.15 bits per heavy atom. The minimum Gasteiger partial charge on any atom is -0.383 e. The number of hydrogen-bond donors (Lipinski definition) is 1. The van der Waals surface area contributed by atoms with Gasteiger partial charge in [0, 0.05) is 44.6 Å². The highest BCUT2D eigenvalue weighted by Gasteiger charge is 2.31. The molecule has 1 aromatic rings. The quantitative estimate of drug-likeness (QED) is 0.711. The Hall–Kier alpha value is -0.650. The molecule has 2 saturated carbocycles. The van der Waals surface area contributed by atoms with Crippen molar-refractivity contribution < 1.29 is 4.74 Å². The second-order valence-corrected chi connectivity index (χ2v) is 7.13. The predicted molar refractivity (Wildman–Crippen MR) is 83.7 cm³/mol. The summed E-state index contributed by atoms with van der Waals surface area (Å²) in [4.78, 5) is 8.71. The number of hydrogen-bond acceptors (Lipinski definition) is 5. The fraction of sp³-hybridized carbons (Fsp3) is 0.800. The standard InChI is InChI=1S/C15H25N3OS/c1-18(10-11-3-4-11)15-17-14(12-5-6-12)13(20-15)9-16-7-8-19-2/h11-12,16H,3-10H2,1-2H3. The SMILES string of the molecule is COCCNCc1sc(N(C)CC2CC2)nc1C1CC1. The lowest BCUT2D eigenvalue weighted by atomic mass is 10.2. The summed E-state index contributed by atoms with van der Waals surface area (Å²) in [7, 11) is 3.94. The summed E-state index contributed by atoms with van der Waals surface area (Å²) in [6.45, 7) is 3.79. The van der Waals surface area contributed by atoms with Crippen molar-refractivity contribution in [2.24, 2.45) is 5.92 Å². The van der Waals surface area contributed by atoms with Crippen LogP contribution in [-0.4, -0.2) is 38.8 Å². The normalized spacial score (nSPS) is 18.5. The number of methoxy groups -OCH3 is 1. The molecule has 2 fully saturated rings. The van der Waals surface area contributed by atoms with E-state index in [9.17, 15) is 0 Å². The number of nitrogens with one attached hydrogen (secondary N) is 1. The number of ether oxygens (including phenoxy) is 1. The summed E-state index contributed by atoms with van der Waals surface area (Å²) in [6, 6.07) is 0. The molecule has 4 nitrogen and oxygen atoms in total. The Kier molecular flexibility index (Phi) is 4.58. The number of thiazole rings is 1. The lowest BCUT2D eigenvalue weighted by Gasteiger charge is -2.14. The summed E-state index contributed by atoms with van der Waals surface area (Å²) < 4.78 is 5.08. The number of nitrogens with zero attached hydrogens (tertiary/aromatic N) is 2. The summed E-state index contributed by atoms with van der Waals surface area (Å²) >= 11 is 1.88. The van der Waals surface area contributed by atoms with Crippen LogP contribution in [0.25, 0.3) is 0 Å². The third-order valence-electron chi connectivity index (χ3n) is 4.00. The van der Waals surface area contributed by atoms with Gasteiger partial charge in [0.05, 0.1) is 12.3 Å². The average Bonchev–Trinajstić information content (AvgIpc) is 3.36. The van der Waals surface area contributed by atoms with Crippen LogP contribution in [0.4, 0.5) is 5.13 Å². The molecule has 5 heteroatoms.